The summed E-state index contributed by atoms with van der Waals surface area (Å²) < 4.78 is 17.1. The summed E-state index contributed by atoms with van der Waals surface area (Å²) in [6.07, 6.45) is 1.68. The zero-order valence-corrected chi connectivity index (χ0v) is 22.4. The first-order valence-corrected chi connectivity index (χ1v) is 12.7. The Bertz CT molecular complexity index is 1380. The van der Waals surface area contributed by atoms with Crippen LogP contribution in [-0.4, -0.2) is 69.1 Å². The van der Waals surface area contributed by atoms with Crippen LogP contribution in [0.15, 0.2) is 64.9 Å². The highest BCUT2D eigenvalue weighted by Crippen LogP contribution is 2.40. The third-order valence-corrected chi connectivity index (χ3v) is 6.86. The van der Waals surface area contributed by atoms with E-state index < -0.39 is 0 Å². The van der Waals surface area contributed by atoms with Crippen molar-refractivity contribution in [3.8, 4) is 28.6 Å². The first-order chi connectivity index (χ1) is 17.7. The van der Waals surface area contributed by atoms with Gasteiger partial charge in [-0.2, -0.15) is 0 Å². The van der Waals surface area contributed by atoms with Crippen molar-refractivity contribution in [1.82, 2.24) is 24.6 Å². The van der Waals surface area contributed by atoms with Crippen molar-refractivity contribution in [1.29, 1.82) is 0 Å². The summed E-state index contributed by atoms with van der Waals surface area (Å²) in [6, 6.07) is 13.5. The number of anilines is 1. The number of aromatic nitrogens is 4. The van der Waals surface area contributed by atoms with Gasteiger partial charge in [0.2, 0.25) is 5.16 Å². The maximum Gasteiger partial charge on any atom is 0.202 e. The lowest BCUT2D eigenvalue weighted by molar-refractivity contribution is 0.416. The van der Waals surface area contributed by atoms with E-state index in [1.54, 1.807) is 29.0 Å². The summed E-state index contributed by atoms with van der Waals surface area (Å²) in [5.41, 5.74) is 2.02. The van der Waals surface area contributed by atoms with Gasteiger partial charge in [-0.05, 0) is 67.7 Å². The van der Waals surface area contributed by atoms with Gasteiger partial charge < -0.3 is 20.0 Å². The number of aromatic hydroxyl groups is 2. The number of halogens is 1. The maximum absolute atomic E-state index is 15.4. The average molecular weight is 523 g/mol. The van der Waals surface area contributed by atoms with E-state index in [4.69, 9.17) is 0 Å². The SMILES string of the molecule is CC(C)c1cc(-c2nnc(Sc3ccccn3)n2-c2ccc(N(C)CCN(C)C)c(F)c2)c(O)cc1O. The minimum absolute atomic E-state index is 0.00144. The number of likely N-dealkylation sites (N-methyl/N-ethyl adjacent to an activating group) is 2. The van der Waals surface area contributed by atoms with Gasteiger partial charge in [0.25, 0.3) is 0 Å². The molecule has 8 nitrogen and oxygen atoms in total. The van der Waals surface area contributed by atoms with Crippen LogP contribution in [0.5, 0.6) is 11.5 Å². The van der Waals surface area contributed by atoms with Crippen LogP contribution in [0, 0.1) is 5.82 Å². The molecular formula is C27H31FN6O2S. The van der Waals surface area contributed by atoms with Crippen molar-refractivity contribution in [2.75, 3.05) is 39.1 Å². The first-order valence-electron chi connectivity index (χ1n) is 11.9. The molecule has 0 saturated heterocycles. The van der Waals surface area contributed by atoms with E-state index in [1.807, 2.05) is 63.0 Å². The molecule has 0 radical (unpaired) electrons. The summed E-state index contributed by atoms with van der Waals surface area (Å²) in [5, 5.41) is 31.0. The number of rotatable bonds is 9. The highest BCUT2D eigenvalue weighted by Gasteiger charge is 2.23. The molecule has 0 unspecified atom stereocenters. The lowest BCUT2D eigenvalue weighted by atomic mass is 9.98. The molecule has 0 spiro atoms. The predicted octanol–water partition coefficient (Wildman–Crippen LogP) is 5.15. The molecule has 0 aliphatic carbocycles. The average Bonchev–Trinajstić information content (AvgIpc) is 3.26. The fourth-order valence-electron chi connectivity index (χ4n) is 3.89. The Morgan fingerprint density at radius 3 is 2.41 bits per heavy atom. The smallest absolute Gasteiger partial charge is 0.202 e. The lowest BCUT2D eigenvalue weighted by Gasteiger charge is -2.22. The number of benzene rings is 2. The third-order valence-electron chi connectivity index (χ3n) is 5.96. The topological polar surface area (TPSA) is 90.5 Å². The standard InChI is InChI=1S/C27H31FN6O2S/c1-17(2)19-15-20(24(36)16-23(19)35)26-30-31-27(37-25-8-6-7-11-29-25)34(26)18-9-10-22(21(28)14-18)33(5)13-12-32(3)4/h6-11,14-17,35-36H,12-13H2,1-5H3. The fraction of sp³-hybridized carbons (Fsp3) is 0.296. The zero-order chi connectivity index (χ0) is 26.7. The Hall–Kier alpha value is -3.63. The van der Waals surface area contributed by atoms with Crippen LogP contribution in [-0.2, 0) is 0 Å². The monoisotopic (exact) mass is 522 g/mol. The quantitative estimate of drug-likeness (QED) is 0.312. The number of nitrogens with zero attached hydrogens (tertiary/aromatic N) is 6. The first kappa shape index (κ1) is 26.4. The van der Waals surface area contributed by atoms with Crippen LogP contribution in [0.2, 0.25) is 0 Å². The van der Waals surface area contributed by atoms with E-state index in [2.05, 4.69) is 15.2 Å². The Kier molecular flexibility index (Phi) is 7.99. The van der Waals surface area contributed by atoms with Gasteiger partial charge in [0.1, 0.15) is 22.3 Å². The molecule has 0 amide bonds. The van der Waals surface area contributed by atoms with Crippen LogP contribution in [0.4, 0.5) is 10.1 Å². The number of pyridine rings is 1. The zero-order valence-electron chi connectivity index (χ0n) is 21.6. The third kappa shape index (κ3) is 5.86. The van der Waals surface area contributed by atoms with Crippen LogP contribution < -0.4 is 4.90 Å². The molecule has 0 aliphatic heterocycles. The molecule has 0 fully saturated rings. The molecule has 37 heavy (non-hydrogen) atoms. The molecule has 0 bridgehead atoms. The van der Waals surface area contributed by atoms with Gasteiger partial charge in [0.05, 0.1) is 16.9 Å². The minimum atomic E-state index is -0.384. The predicted molar refractivity (Wildman–Crippen MR) is 144 cm³/mol. The molecule has 4 rings (SSSR count). The van der Waals surface area contributed by atoms with Crippen LogP contribution in [0.25, 0.3) is 17.1 Å². The Morgan fingerprint density at radius 2 is 1.76 bits per heavy atom. The van der Waals surface area contributed by atoms with Gasteiger partial charge in [0.15, 0.2) is 5.82 Å². The minimum Gasteiger partial charge on any atom is -0.508 e. The van der Waals surface area contributed by atoms with Crippen molar-refractivity contribution < 1.29 is 14.6 Å². The van der Waals surface area contributed by atoms with Gasteiger partial charge >= 0.3 is 0 Å². The molecule has 10 heteroatoms. The molecule has 2 aromatic heterocycles. The van der Waals surface area contributed by atoms with E-state index in [-0.39, 0.29) is 23.2 Å². The van der Waals surface area contributed by atoms with Gasteiger partial charge in [-0.1, -0.05) is 19.9 Å². The summed E-state index contributed by atoms with van der Waals surface area (Å²) in [4.78, 5) is 8.28. The van der Waals surface area contributed by atoms with E-state index >= 15 is 4.39 Å². The van der Waals surface area contributed by atoms with E-state index in [9.17, 15) is 10.2 Å². The molecular weight excluding hydrogens is 491 g/mol. The number of hydrogen-bond acceptors (Lipinski definition) is 8. The van der Waals surface area contributed by atoms with Crippen molar-refractivity contribution >= 4 is 17.4 Å². The number of phenolic OH excluding ortho intramolecular Hbond substituents is 2. The maximum atomic E-state index is 15.4. The fourth-order valence-corrected chi connectivity index (χ4v) is 4.71. The van der Waals surface area contributed by atoms with Gasteiger partial charge in [0, 0.05) is 38.5 Å². The molecule has 0 atom stereocenters. The lowest BCUT2D eigenvalue weighted by Crippen LogP contribution is -2.29. The van der Waals surface area contributed by atoms with Gasteiger partial charge in [-0.25, -0.2) is 9.37 Å². The summed E-state index contributed by atoms with van der Waals surface area (Å²) >= 11 is 1.28. The van der Waals surface area contributed by atoms with E-state index in [1.165, 1.54) is 23.9 Å². The summed E-state index contributed by atoms with van der Waals surface area (Å²) in [5.74, 6) is -0.199. The van der Waals surface area contributed by atoms with Crippen molar-refractivity contribution in [2.24, 2.45) is 0 Å². The number of phenols is 2. The molecule has 2 heterocycles. The molecule has 0 aliphatic rings. The van der Waals surface area contributed by atoms with Crippen molar-refractivity contribution in [3.63, 3.8) is 0 Å². The normalized spacial score (nSPS) is 11.5. The van der Waals surface area contributed by atoms with Crippen molar-refractivity contribution in [3.05, 3.63) is 66.1 Å². The molecule has 194 valence electrons. The largest absolute Gasteiger partial charge is 0.508 e. The second-order valence-electron chi connectivity index (χ2n) is 9.36. The Morgan fingerprint density at radius 1 is 0.973 bits per heavy atom. The van der Waals surface area contributed by atoms with Crippen LogP contribution in [0.1, 0.15) is 25.3 Å². The van der Waals surface area contributed by atoms with E-state index in [0.29, 0.717) is 45.1 Å². The van der Waals surface area contributed by atoms with Gasteiger partial charge in [-0.15, -0.1) is 10.2 Å². The molecule has 2 N–H and O–H groups in total. The summed E-state index contributed by atoms with van der Waals surface area (Å²) in [7, 11) is 5.81. The molecule has 4 aromatic rings. The Balaban J connectivity index is 1.84. The Labute approximate surface area is 220 Å². The second kappa shape index (κ2) is 11.2. The second-order valence-corrected chi connectivity index (χ2v) is 10.3. The van der Waals surface area contributed by atoms with E-state index in [0.717, 1.165) is 6.54 Å². The van der Waals surface area contributed by atoms with Crippen molar-refractivity contribution in [2.45, 2.75) is 29.9 Å². The molecule has 0 saturated carbocycles. The van der Waals surface area contributed by atoms with Gasteiger partial charge in [-0.3, -0.25) is 4.57 Å². The highest BCUT2D eigenvalue weighted by atomic mass is 32.2. The molecule has 2 aromatic carbocycles. The number of hydrogen-bond donors (Lipinski definition) is 2. The van der Waals surface area contributed by atoms with Crippen LogP contribution >= 0.6 is 11.8 Å². The van der Waals surface area contributed by atoms with Crippen LogP contribution in [0.3, 0.4) is 0 Å². The highest BCUT2D eigenvalue weighted by molar-refractivity contribution is 7.99. The summed E-state index contributed by atoms with van der Waals surface area (Å²) in [6.45, 7) is 5.35.